The third-order valence-electron chi connectivity index (χ3n) is 13.7. The van der Waals surface area contributed by atoms with Crippen molar-refractivity contribution in [3.8, 4) is 22.3 Å². The molecule has 0 nitrogen and oxygen atoms in total. The number of rotatable bonds is 7. The molecule has 2 atom stereocenters. The number of fused-ring (bicyclic) bond motifs is 2. The van der Waals surface area contributed by atoms with Crippen molar-refractivity contribution in [1.29, 1.82) is 0 Å². The first kappa shape index (κ1) is 45.6. The van der Waals surface area contributed by atoms with Crippen LogP contribution in [0.25, 0.3) is 34.4 Å². The third-order valence-corrected chi connectivity index (χ3v) is 65.2. The molecule has 311 valence electrons. The first-order valence-electron chi connectivity index (χ1n) is 22.1. The fourth-order valence-electron chi connectivity index (χ4n) is 10.5. The molecule has 0 saturated heterocycles. The molecule has 0 fully saturated rings. The van der Waals surface area contributed by atoms with Crippen molar-refractivity contribution in [1.82, 2.24) is 0 Å². The molecule has 4 aromatic rings. The molecule has 0 radical (unpaired) electrons. The minimum atomic E-state index is -5.21. The van der Waals surface area contributed by atoms with Crippen molar-refractivity contribution in [2.75, 3.05) is 0 Å². The summed E-state index contributed by atoms with van der Waals surface area (Å²) >= 11 is -5.21. The molecule has 4 aromatic carbocycles. The molecular weight excluding hydrogens is 839 g/mol. The molecule has 0 amide bonds. The Labute approximate surface area is 363 Å². The zero-order valence-electron chi connectivity index (χ0n) is 39.2. The number of hydrogen-bond acceptors (Lipinski definition) is 0. The van der Waals surface area contributed by atoms with Gasteiger partial charge in [-0.05, 0) is 0 Å². The molecule has 0 aliphatic heterocycles. The van der Waals surface area contributed by atoms with Gasteiger partial charge in [0.1, 0.15) is 0 Å². The van der Waals surface area contributed by atoms with Crippen molar-refractivity contribution < 1.29 is 15.6 Å². The summed E-state index contributed by atoms with van der Waals surface area (Å²) in [5.74, 6) is -1.05. The van der Waals surface area contributed by atoms with Gasteiger partial charge in [0.05, 0.1) is 0 Å². The van der Waals surface area contributed by atoms with E-state index in [1.807, 2.05) is 0 Å². The Morgan fingerprint density at radius 1 is 0.483 bits per heavy atom. The number of allylic oxidation sites excluding steroid dienone is 2. The summed E-state index contributed by atoms with van der Waals surface area (Å²) in [4.78, 5) is 0. The number of halogens is 2. The van der Waals surface area contributed by atoms with Crippen molar-refractivity contribution in [2.45, 2.75) is 154 Å². The zero-order chi connectivity index (χ0) is 43.3. The fourth-order valence-corrected chi connectivity index (χ4v) is 41.9. The average Bonchev–Trinajstić information content (AvgIpc) is 3.72. The molecule has 4 heteroatoms. The van der Waals surface area contributed by atoms with Crippen molar-refractivity contribution in [2.24, 2.45) is 10.8 Å². The predicted molar refractivity (Wildman–Crippen MR) is 260 cm³/mol. The van der Waals surface area contributed by atoms with E-state index in [9.17, 15) is 17.0 Å². The van der Waals surface area contributed by atoms with Crippen LogP contribution in [0.1, 0.15) is 174 Å². The zero-order valence-corrected chi connectivity index (χ0v) is 44.4. The molecule has 0 heterocycles. The summed E-state index contributed by atoms with van der Waals surface area (Å²) in [6, 6.07) is 28.1. The molecule has 0 saturated carbocycles. The van der Waals surface area contributed by atoms with Crippen LogP contribution in [0.3, 0.4) is 0 Å². The summed E-state index contributed by atoms with van der Waals surface area (Å²) in [6.45, 7) is 42.9. The van der Waals surface area contributed by atoms with Crippen LogP contribution >= 0.6 is 17.0 Å². The average molecular weight is 912 g/mol. The summed E-state index contributed by atoms with van der Waals surface area (Å²) in [5, 5.41) is 0. The van der Waals surface area contributed by atoms with E-state index < -0.39 is 21.5 Å². The van der Waals surface area contributed by atoms with E-state index in [1.54, 1.807) is 0 Å². The quantitative estimate of drug-likeness (QED) is 0.162. The monoisotopic (exact) mass is 909 g/mol. The molecule has 0 bridgehead atoms. The Hall–Kier alpha value is -1.96. The van der Waals surface area contributed by atoms with Crippen LogP contribution in [-0.4, -0.2) is 5.92 Å². The standard InChI is InChI=1S/2C26H33.C2H7Si.2ClH.Zr/c2*1-17(2)20-11-9-10-12-21(20)24-22-16-19(25(3,4)5)15-18(22)13-14-23(24)26(6,7)8;1-3-2;;;/h2*9-17H,1-8H3;3H,1-2H3;2*1H;/q;;;;;+2/p-2. The normalized spacial score (nSPS) is 18.4. The third kappa shape index (κ3) is 7.54. The second-order valence-electron chi connectivity index (χ2n) is 22.9. The Morgan fingerprint density at radius 2 is 0.810 bits per heavy atom. The van der Waals surface area contributed by atoms with E-state index in [4.69, 9.17) is 0 Å². The second-order valence-corrected chi connectivity index (χ2v) is 65.4. The van der Waals surface area contributed by atoms with E-state index in [1.165, 1.54) is 77.9 Å². The Bertz CT molecular complexity index is 2150. The Balaban J connectivity index is 1.78. The van der Waals surface area contributed by atoms with Gasteiger partial charge in [-0.15, -0.1) is 0 Å². The maximum atomic E-state index is 9.17. The molecule has 2 unspecified atom stereocenters. The molecule has 58 heavy (non-hydrogen) atoms. The number of benzene rings is 4. The van der Waals surface area contributed by atoms with Crippen LogP contribution < -0.4 is 0 Å². The van der Waals surface area contributed by atoms with E-state index in [0.29, 0.717) is 11.8 Å². The van der Waals surface area contributed by atoms with Crippen LogP contribution in [0.15, 0.2) is 83.9 Å². The second kappa shape index (κ2) is 15.1. The van der Waals surface area contributed by atoms with Gasteiger partial charge in [0.2, 0.25) is 0 Å². The van der Waals surface area contributed by atoms with Gasteiger partial charge in [0.15, 0.2) is 0 Å². The van der Waals surface area contributed by atoms with Crippen molar-refractivity contribution in [3.05, 3.63) is 128 Å². The van der Waals surface area contributed by atoms with Gasteiger partial charge in [-0.2, -0.15) is 0 Å². The van der Waals surface area contributed by atoms with Gasteiger partial charge in [0.25, 0.3) is 0 Å². The summed E-state index contributed by atoms with van der Waals surface area (Å²) in [5.41, 5.74) is 18.8. The van der Waals surface area contributed by atoms with Gasteiger partial charge in [-0.3, -0.25) is 0 Å². The molecular formula is C54H73Cl2SiZr. The van der Waals surface area contributed by atoms with Crippen molar-refractivity contribution in [3.63, 3.8) is 0 Å². The number of hydrogen-bond donors (Lipinski definition) is 0. The molecule has 0 N–H and O–H groups in total. The van der Waals surface area contributed by atoms with Gasteiger partial charge in [0, 0.05) is 0 Å². The van der Waals surface area contributed by atoms with Crippen molar-refractivity contribution >= 4 is 35.1 Å². The van der Waals surface area contributed by atoms with Gasteiger partial charge in [-0.25, -0.2) is 0 Å². The summed E-state index contributed by atoms with van der Waals surface area (Å²) in [6.07, 6.45) is 5.17. The first-order chi connectivity index (χ1) is 26.5. The van der Waals surface area contributed by atoms with Crippen LogP contribution in [0.4, 0.5) is 0 Å². The topological polar surface area (TPSA) is 0 Å². The van der Waals surface area contributed by atoms with Crippen LogP contribution in [0.2, 0.25) is 13.1 Å². The molecule has 0 aromatic heterocycles. The SMILES string of the molecule is CC(C)c1ccccc1-c1c(C(C)(C)C)ccc2c1C=C(C(C)(C)C)[CH]2[Zr]([Cl])([Cl])([CH]1C(C(C)(C)C)=Cc2c1ccc(C(C)(C)C)c2-c1ccccc1C(C)C)[SiH](C)C. The fraction of sp³-hybridized carbons (Fsp3) is 0.481. The molecule has 0 spiro atoms. The van der Waals surface area contributed by atoms with Gasteiger partial charge >= 0.3 is 366 Å². The van der Waals surface area contributed by atoms with E-state index >= 15 is 0 Å². The molecule has 2 aliphatic carbocycles. The van der Waals surface area contributed by atoms with Gasteiger partial charge in [-0.1, -0.05) is 0 Å². The molecule has 2 aliphatic rings. The van der Waals surface area contributed by atoms with Crippen LogP contribution in [0.5, 0.6) is 0 Å². The van der Waals surface area contributed by atoms with E-state index in [-0.39, 0.29) is 28.9 Å². The summed E-state index contributed by atoms with van der Waals surface area (Å²) in [7, 11) is 18.3. The van der Waals surface area contributed by atoms with E-state index in [2.05, 4.69) is 209 Å². The van der Waals surface area contributed by atoms with Gasteiger partial charge < -0.3 is 0 Å². The minimum absolute atomic E-state index is 0.0131. The molecule has 6 rings (SSSR count). The Morgan fingerprint density at radius 3 is 1.09 bits per heavy atom. The van der Waals surface area contributed by atoms with Crippen LogP contribution in [-0.2, 0) is 26.4 Å². The first-order valence-corrected chi connectivity index (χ1v) is 38.4. The summed E-state index contributed by atoms with van der Waals surface area (Å²) < 4.78 is -0.0263. The van der Waals surface area contributed by atoms with Crippen LogP contribution in [0, 0.1) is 10.8 Å². The predicted octanol–water partition coefficient (Wildman–Crippen LogP) is 17.5. The maximum absolute atomic E-state index is 9.17. The van der Waals surface area contributed by atoms with E-state index in [0.717, 1.165) is 0 Å². The Kier molecular flexibility index (Phi) is 11.9.